The van der Waals surface area contributed by atoms with E-state index in [0.29, 0.717) is 35.5 Å². The first-order valence-corrected chi connectivity index (χ1v) is 14.9. The van der Waals surface area contributed by atoms with Crippen molar-refractivity contribution in [1.29, 1.82) is 0 Å². The largest absolute Gasteiger partial charge is 0.296 e. The van der Waals surface area contributed by atoms with Crippen molar-refractivity contribution in [2.45, 2.75) is 23.6 Å². The zero-order chi connectivity index (χ0) is 23.6. The summed E-state index contributed by atoms with van der Waals surface area (Å²) >= 11 is 0. The summed E-state index contributed by atoms with van der Waals surface area (Å²) in [5.74, 6) is 5.33. The molecule has 0 amide bonds. The molecule has 0 saturated heterocycles. The number of aryl methyl sites for hydroxylation is 2. The van der Waals surface area contributed by atoms with E-state index in [1.807, 2.05) is 13.8 Å². The van der Waals surface area contributed by atoms with Crippen LogP contribution in [0.1, 0.15) is 11.1 Å². The molecule has 6 nitrogen and oxygen atoms in total. The van der Waals surface area contributed by atoms with E-state index in [0.717, 1.165) is 23.0 Å². The lowest BCUT2D eigenvalue weighted by Crippen LogP contribution is -2.92. The van der Waals surface area contributed by atoms with E-state index in [2.05, 4.69) is 0 Å². The molecule has 6 fully saturated rings. The monoisotopic (exact) mass is 500 g/mol. The Kier molecular flexibility index (Phi) is 4.39. The van der Waals surface area contributed by atoms with Gasteiger partial charge >= 0.3 is 0 Å². The molecule has 8 heteroatoms. The third-order valence-corrected chi connectivity index (χ3v) is 12.5. The second-order valence-electron chi connectivity index (χ2n) is 11.0. The molecule has 6 aliphatic rings. The van der Waals surface area contributed by atoms with Gasteiger partial charge < -0.3 is 0 Å². The Balaban J connectivity index is 1.11. The van der Waals surface area contributed by atoms with Crippen molar-refractivity contribution >= 4 is 20.2 Å². The lowest BCUT2D eigenvalue weighted by Gasteiger charge is -2.95. The Morgan fingerprint density at radius 1 is 0.529 bits per heavy atom. The summed E-state index contributed by atoms with van der Waals surface area (Å²) in [6.45, 7) is 4.01. The van der Waals surface area contributed by atoms with Crippen LogP contribution < -0.4 is 0 Å². The number of rotatable bonds is 8. The number of hydrogen-bond donors (Lipinski definition) is 0. The fourth-order valence-corrected chi connectivity index (χ4v) is 10.5. The first kappa shape index (κ1) is 21.5. The van der Waals surface area contributed by atoms with E-state index in [1.165, 1.54) is 0 Å². The summed E-state index contributed by atoms with van der Waals surface area (Å²) in [4.78, 5) is 0.318. The lowest BCUT2D eigenvalue weighted by molar-refractivity contribution is -0.487. The Hall–Kier alpha value is -1.74. The Labute approximate surface area is 200 Å². The maximum atomic E-state index is 12.8. The standard InChI is InChI=1S/C26H28O6S2/c1-13-3-7-15(8-4-13)33(27,28)31-11-17-18(12-32-34(29,30)16-9-5-14(2)6-10-16)20-23-21-19(17)22-24(20)26(23)25(21)22/h3-10,17-26H,11-12H2,1-2H3/t17-,18+,19?,20?,21-,22+,23-,24-,25?,26?/m1/s1. The quantitative estimate of drug-likeness (QED) is 0.515. The van der Waals surface area contributed by atoms with Gasteiger partial charge in [-0.05, 0) is 97.3 Å². The zero-order valence-corrected chi connectivity index (χ0v) is 20.7. The van der Waals surface area contributed by atoms with Gasteiger partial charge in [-0.15, -0.1) is 0 Å². The number of fused-ring (bicyclic) bond motifs is 1. The Morgan fingerprint density at radius 3 is 1.15 bits per heavy atom. The molecule has 0 radical (unpaired) electrons. The van der Waals surface area contributed by atoms with Gasteiger partial charge in [0.05, 0.1) is 23.0 Å². The summed E-state index contributed by atoms with van der Waals surface area (Å²) in [5.41, 5.74) is 1.97. The molecule has 0 N–H and O–H groups in total. The molecule has 0 aromatic heterocycles. The van der Waals surface area contributed by atoms with Crippen LogP contribution in [0.5, 0.6) is 0 Å². The molecule has 6 aliphatic carbocycles. The van der Waals surface area contributed by atoms with Crippen molar-refractivity contribution in [1.82, 2.24) is 0 Å². The molecule has 6 saturated carbocycles. The van der Waals surface area contributed by atoms with Crippen LogP contribution >= 0.6 is 0 Å². The molecule has 0 spiro atoms. The fraction of sp³-hybridized carbons (Fsp3) is 0.538. The Morgan fingerprint density at radius 2 is 0.824 bits per heavy atom. The minimum atomic E-state index is -3.87. The molecule has 2 aromatic carbocycles. The topological polar surface area (TPSA) is 86.7 Å². The van der Waals surface area contributed by atoms with Gasteiger partial charge in [-0.25, -0.2) is 0 Å². The van der Waals surface area contributed by atoms with E-state index >= 15 is 0 Å². The summed E-state index contributed by atoms with van der Waals surface area (Å²) in [6, 6.07) is 13.3. The van der Waals surface area contributed by atoms with E-state index in [9.17, 15) is 16.8 Å². The van der Waals surface area contributed by atoms with Crippen molar-refractivity contribution in [2.75, 3.05) is 13.2 Å². The van der Waals surface area contributed by atoms with E-state index in [1.54, 1.807) is 48.5 Å². The highest BCUT2D eigenvalue weighted by Gasteiger charge is 2.90. The van der Waals surface area contributed by atoms with Crippen molar-refractivity contribution < 1.29 is 25.2 Å². The van der Waals surface area contributed by atoms with Gasteiger partial charge in [0.15, 0.2) is 0 Å². The van der Waals surface area contributed by atoms with Crippen LogP contribution in [0.2, 0.25) is 0 Å². The zero-order valence-electron chi connectivity index (χ0n) is 19.1. The minimum Gasteiger partial charge on any atom is -0.266 e. The average molecular weight is 501 g/mol. The van der Waals surface area contributed by atoms with Crippen molar-refractivity contribution in [3.8, 4) is 0 Å². The van der Waals surface area contributed by atoms with Gasteiger partial charge in [0.2, 0.25) is 0 Å². The third-order valence-electron chi connectivity index (χ3n) is 9.88. The molecule has 8 rings (SSSR count). The molecular weight excluding hydrogens is 472 g/mol. The third kappa shape index (κ3) is 2.68. The van der Waals surface area contributed by atoms with Crippen LogP contribution in [-0.4, -0.2) is 30.0 Å². The van der Waals surface area contributed by atoms with Crippen molar-refractivity contribution in [3.63, 3.8) is 0 Å². The van der Waals surface area contributed by atoms with Crippen molar-refractivity contribution in [3.05, 3.63) is 59.7 Å². The van der Waals surface area contributed by atoms with E-state index in [4.69, 9.17) is 8.37 Å². The highest BCUT2D eigenvalue weighted by Crippen LogP contribution is 2.93. The predicted molar refractivity (Wildman–Crippen MR) is 124 cm³/mol. The van der Waals surface area contributed by atoms with E-state index < -0.39 is 20.2 Å². The normalized spacial score (nSPS) is 40.4. The van der Waals surface area contributed by atoms with Gasteiger partial charge in [0.1, 0.15) is 0 Å². The van der Waals surface area contributed by atoms with Crippen LogP contribution in [0.3, 0.4) is 0 Å². The second kappa shape index (κ2) is 6.93. The van der Waals surface area contributed by atoms with Crippen LogP contribution in [0, 0.1) is 73.0 Å². The maximum absolute atomic E-state index is 12.8. The molecule has 0 heterocycles. The molecule has 10 atom stereocenters. The molecule has 34 heavy (non-hydrogen) atoms. The summed E-state index contributed by atoms with van der Waals surface area (Å²) in [5, 5.41) is 0. The SMILES string of the molecule is Cc1ccc(S(=O)(=O)OC[C@@H]2C3[C@H]4C5C6[C@@H]4C([C@H]6[C@H]53)[C@@H]2COS(=O)(=O)c2ccc(C)cc2)cc1. The molecule has 180 valence electrons. The highest BCUT2D eigenvalue weighted by molar-refractivity contribution is 7.87. The molecular formula is C26H28O6S2. The molecule has 4 unspecified atom stereocenters. The average Bonchev–Trinajstić information content (AvgIpc) is 2.78. The molecule has 0 aliphatic heterocycles. The van der Waals surface area contributed by atoms with Crippen molar-refractivity contribution in [2.24, 2.45) is 59.2 Å². The first-order chi connectivity index (χ1) is 16.2. The second-order valence-corrected chi connectivity index (χ2v) is 14.3. The first-order valence-electron chi connectivity index (χ1n) is 12.1. The van der Waals surface area contributed by atoms with Crippen LogP contribution in [0.25, 0.3) is 0 Å². The van der Waals surface area contributed by atoms with E-state index in [-0.39, 0.29) is 34.8 Å². The van der Waals surface area contributed by atoms with Crippen LogP contribution in [0.4, 0.5) is 0 Å². The minimum absolute atomic E-state index is 0.0124. The fourth-order valence-electron chi connectivity index (χ4n) is 8.61. The Bertz CT molecular complexity index is 1240. The van der Waals surface area contributed by atoms with Gasteiger partial charge in [0.25, 0.3) is 20.2 Å². The number of hydrogen-bond acceptors (Lipinski definition) is 6. The van der Waals surface area contributed by atoms with Crippen LogP contribution in [0.15, 0.2) is 58.3 Å². The smallest absolute Gasteiger partial charge is 0.266 e. The van der Waals surface area contributed by atoms with Gasteiger partial charge in [0, 0.05) is 0 Å². The lowest BCUT2D eigenvalue weighted by atomic mass is 9.09. The van der Waals surface area contributed by atoms with Crippen LogP contribution in [-0.2, 0) is 28.6 Å². The summed E-state index contributed by atoms with van der Waals surface area (Å²) in [7, 11) is -7.73. The summed E-state index contributed by atoms with van der Waals surface area (Å²) in [6.07, 6.45) is 0. The van der Waals surface area contributed by atoms with Gasteiger partial charge in [-0.2, -0.15) is 16.8 Å². The molecule has 2 bridgehead atoms. The summed E-state index contributed by atoms with van der Waals surface area (Å²) < 4.78 is 62.6. The predicted octanol–water partition coefficient (Wildman–Crippen LogP) is 3.64. The number of benzene rings is 2. The van der Waals surface area contributed by atoms with Gasteiger partial charge in [-0.3, -0.25) is 8.37 Å². The highest BCUT2D eigenvalue weighted by atomic mass is 32.2. The maximum Gasteiger partial charge on any atom is 0.296 e. The molecule has 2 aromatic rings. The van der Waals surface area contributed by atoms with Gasteiger partial charge in [-0.1, -0.05) is 35.4 Å².